The zero-order chi connectivity index (χ0) is 15.5. The number of nitrogens with two attached hydrogens (primary N) is 1. The highest BCUT2D eigenvalue weighted by molar-refractivity contribution is 7.89. The Bertz CT molecular complexity index is 602. The normalized spacial score (nSPS) is 11.9. The van der Waals surface area contributed by atoms with Gasteiger partial charge in [-0.05, 0) is 32.0 Å². The van der Waals surface area contributed by atoms with Crippen molar-refractivity contribution in [2.45, 2.75) is 24.8 Å². The Hall–Kier alpha value is -1.67. The van der Waals surface area contributed by atoms with Crippen LogP contribution < -0.4 is 11.1 Å². The first-order valence-corrected chi connectivity index (χ1v) is 7.39. The van der Waals surface area contributed by atoms with Crippen LogP contribution in [-0.2, 0) is 14.8 Å². The average Bonchev–Trinajstić information content (AvgIpc) is 2.31. The number of benzene rings is 1. The summed E-state index contributed by atoms with van der Waals surface area (Å²) in [6.07, 6.45) is 0. The maximum absolute atomic E-state index is 13.3. The summed E-state index contributed by atoms with van der Waals surface area (Å²) in [6.45, 7) is 3.19. The summed E-state index contributed by atoms with van der Waals surface area (Å²) in [4.78, 5) is 11.3. The van der Waals surface area contributed by atoms with E-state index in [1.165, 1.54) is 19.2 Å². The van der Waals surface area contributed by atoms with E-state index in [1.807, 2.05) is 0 Å². The minimum atomic E-state index is -3.93. The SMILES string of the molecule is CC(C)NC(=O)CN(C)S(=O)(=O)c1ccc(N)c(F)c1. The summed E-state index contributed by atoms with van der Waals surface area (Å²) in [5.41, 5.74) is 5.16. The van der Waals surface area contributed by atoms with Gasteiger partial charge >= 0.3 is 0 Å². The molecule has 1 aromatic carbocycles. The van der Waals surface area contributed by atoms with Gasteiger partial charge < -0.3 is 11.1 Å². The van der Waals surface area contributed by atoms with E-state index in [0.717, 1.165) is 10.4 Å². The van der Waals surface area contributed by atoms with Crippen molar-refractivity contribution in [2.75, 3.05) is 19.3 Å². The van der Waals surface area contributed by atoms with E-state index >= 15 is 0 Å². The van der Waals surface area contributed by atoms with Gasteiger partial charge in [0.15, 0.2) is 0 Å². The lowest BCUT2D eigenvalue weighted by Gasteiger charge is -2.18. The molecule has 0 atom stereocenters. The molecule has 0 unspecified atom stereocenters. The van der Waals surface area contributed by atoms with E-state index in [4.69, 9.17) is 5.73 Å². The first-order chi connectivity index (χ1) is 9.14. The summed E-state index contributed by atoms with van der Waals surface area (Å²) in [5, 5.41) is 2.58. The minimum absolute atomic E-state index is 0.0902. The van der Waals surface area contributed by atoms with Crippen molar-refractivity contribution < 1.29 is 17.6 Å². The van der Waals surface area contributed by atoms with E-state index in [0.29, 0.717) is 0 Å². The van der Waals surface area contributed by atoms with Crippen LogP contribution in [0.1, 0.15) is 13.8 Å². The zero-order valence-corrected chi connectivity index (χ0v) is 12.4. The number of hydrogen-bond acceptors (Lipinski definition) is 4. The maximum atomic E-state index is 13.3. The number of likely N-dealkylation sites (N-methyl/N-ethyl adjacent to an activating group) is 1. The van der Waals surface area contributed by atoms with Gasteiger partial charge in [0.25, 0.3) is 0 Å². The highest BCUT2D eigenvalue weighted by Gasteiger charge is 2.23. The van der Waals surface area contributed by atoms with E-state index in [2.05, 4.69) is 5.32 Å². The summed E-state index contributed by atoms with van der Waals surface area (Å²) < 4.78 is 38.5. The fourth-order valence-corrected chi connectivity index (χ4v) is 2.64. The lowest BCUT2D eigenvalue weighted by Crippen LogP contribution is -2.40. The molecule has 6 nitrogen and oxygen atoms in total. The van der Waals surface area contributed by atoms with E-state index in [1.54, 1.807) is 13.8 Å². The molecule has 1 aromatic rings. The van der Waals surface area contributed by atoms with Gasteiger partial charge in [0, 0.05) is 13.1 Å². The topological polar surface area (TPSA) is 92.5 Å². The molecule has 1 amide bonds. The van der Waals surface area contributed by atoms with Gasteiger partial charge in [0.05, 0.1) is 17.1 Å². The quantitative estimate of drug-likeness (QED) is 0.777. The second kappa shape index (κ2) is 6.19. The van der Waals surface area contributed by atoms with Crippen LogP contribution in [0.2, 0.25) is 0 Å². The van der Waals surface area contributed by atoms with Gasteiger partial charge in [0.1, 0.15) is 5.82 Å². The fraction of sp³-hybridized carbons (Fsp3) is 0.417. The van der Waals surface area contributed by atoms with Crippen molar-refractivity contribution >= 4 is 21.6 Å². The molecule has 8 heteroatoms. The van der Waals surface area contributed by atoms with Crippen molar-refractivity contribution in [3.63, 3.8) is 0 Å². The number of sulfonamides is 1. The number of carbonyl (C=O) groups excluding carboxylic acids is 1. The van der Waals surface area contributed by atoms with Crippen molar-refractivity contribution in [1.29, 1.82) is 0 Å². The molecule has 3 N–H and O–H groups in total. The lowest BCUT2D eigenvalue weighted by molar-refractivity contribution is -0.121. The first-order valence-electron chi connectivity index (χ1n) is 5.95. The molecule has 1 rings (SSSR count). The van der Waals surface area contributed by atoms with Gasteiger partial charge in [-0.25, -0.2) is 12.8 Å². The third kappa shape index (κ3) is 3.91. The van der Waals surface area contributed by atoms with Gasteiger partial charge in [0.2, 0.25) is 15.9 Å². The van der Waals surface area contributed by atoms with Crippen LogP contribution in [0.3, 0.4) is 0 Å². The van der Waals surface area contributed by atoms with Crippen LogP contribution in [0.5, 0.6) is 0 Å². The second-order valence-electron chi connectivity index (χ2n) is 4.67. The largest absolute Gasteiger partial charge is 0.396 e. The number of nitrogens with zero attached hydrogens (tertiary/aromatic N) is 1. The highest BCUT2D eigenvalue weighted by atomic mass is 32.2. The lowest BCUT2D eigenvalue weighted by atomic mass is 10.3. The van der Waals surface area contributed by atoms with Gasteiger partial charge in [-0.2, -0.15) is 4.31 Å². The molecule has 0 aromatic heterocycles. The Morgan fingerprint density at radius 3 is 2.55 bits per heavy atom. The predicted molar refractivity (Wildman–Crippen MR) is 73.9 cm³/mol. The molecule has 112 valence electrons. The Morgan fingerprint density at radius 1 is 1.45 bits per heavy atom. The zero-order valence-electron chi connectivity index (χ0n) is 11.6. The van der Waals surface area contributed by atoms with Crippen molar-refractivity contribution in [1.82, 2.24) is 9.62 Å². The molecule has 0 aliphatic rings. The molecule has 0 spiro atoms. The molecule has 0 aliphatic carbocycles. The van der Waals surface area contributed by atoms with Crippen molar-refractivity contribution in [3.05, 3.63) is 24.0 Å². The molecule has 20 heavy (non-hydrogen) atoms. The number of halogens is 1. The highest BCUT2D eigenvalue weighted by Crippen LogP contribution is 2.19. The predicted octanol–water partition coefficient (Wildman–Crippen LogP) is 0.553. The molecule has 0 fully saturated rings. The van der Waals surface area contributed by atoms with Crippen molar-refractivity contribution in [3.8, 4) is 0 Å². The van der Waals surface area contributed by atoms with Crippen LogP contribution in [0, 0.1) is 5.82 Å². The minimum Gasteiger partial charge on any atom is -0.396 e. The third-order valence-electron chi connectivity index (χ3n) is 2.50. The summed E-state index contributed by atoms with van der Waals surface area (Å²) >= 11 is 0. The number of nitrogens with one attached hydrogen (secondary N) is 1. The van der Waals surface area contributed by atoms with E-state index < -0.39 is 21.7 Å². The molecule has 0 bridgehead atoms. The molecular weight excluding hydrogens is 285 g/mol. The van der Waals surface area contributed by atoms with Crippen LogP contribution >= 0.6 is 0 Å². The molecule has 0 radical (unpaired) electrons. The van der Waals surface area contributed by atoms with Gasteiger partial charge in [-0.1, -0.05) is 0 Å². The average molecular weight is 303 g/mol. The molecule has 0 aliphatic heterocycles. The van der Waals surface area contributed by atoms with Crippen LogP contribution in [-0.4, -0.2) is 38.3 Å². The molecule has 0 saturated heterocycles. The molecular formula is C12H18FN3O3S. The smallest absolute Gasteiger partial charge is 0.243 e. The van der Waals surface area contributed by atoms with Crippen LogP contribution in [0.4, 0.5) is 10.1 Å². The summed E-state index contributed by atoms with van der Waals surface area (Å²) in [5.74, 6) is -1.24. The van der Waals surface area contributed by atoms with Gasteiger partial charge in [-0.15, -0.1) is 0 Å². The number of nitrogen functional groups attached to an aromatic ring is 1. The third-order valence-corrected chi connectivity index (χ3v) is 4.30. The van der Waals surface area contributed by atoms with Crippen LogP contribution in [0.25, 0.3) is 0 Å². The Balaban J connectivity index is 2.92. The Labute approximate surface area is 117 Å². The number of rotatable bonds is 5. The van der Waals surface area contributed by atoms with E-state index in [-0.39, 0.29) is 23.2 Å². The molecule has 0 heterocycles. The standard InChI is InChI=1S/C12H18FN3O3S/c1-8(2)15-12(17)7-16(3)20(18,19)9-4-5-11(14)10(13)6-9/h4-6,8H,7,14H2,1-3H3,(H,15,17). The Kier molecular flexibility index (Phi) is 5.07. The number of anilines is 1. The number of hydrogen-bond donors (Lipinski definition) is 2. The number of amides is 1. The van der Waals surface area contributed by atoms with Crippen LogP contribution in [0.15, 0.2) is 23.1 Å². The summed E-state index contributed by atoms with van der Waals surface area (Å²) in [6, 6.07) is 3.11. The first kappa shape index (κ1) is 16.4. The fourth-order valence-electron chi connectivity index (χ4n) is 1.50. The number of carbonyl (C=O) groups is 1. The molecule has 0 saturated carbocycles. The maximum Gasteiger partial charge on any atom is 0.243 e. The Morgan fingerprint density at radius 2 is 2.05 bits per heavy atom. The van der Waals surface area contributed by atoms with Crippen molar-refractivity contribution in [2.24, 2.45) is 0 Å². The monoisotopic (exact) mass is 303 g/mol. The van der Waals surface area contributed by atoms with Gasteiger partial charge in [-0.3, -0.25) is 4.79 Å². The van der Waals surface area contributed by atoms with E-state index in [9.17, 15) is 17.6 Å². The second-order valence-corrected chi connectivity index (χ2v) is 6.71. The summed E-state index contributed by atoms with van der Waals surface area (Å²) in [7, 11) is -2.68.